The predicted octanol–water partition coefficient (Wildman–Crippen LogP) is 5.51. The number of hydrogen-bond acceptors (Lipinski definition) is 5. The number of likely N-dealkylation sites (N-methyl/N-ethyl adjacent to an activating group) is 1. The van der Waals surface area contributed by atoms with Crippen molar-refractivity contribution in [1.82, 2.24) is 5.32 Å². The molecule has 1 aliphatic carbocycles. The van der Waals surface area contributed by atoms with E-state index in [1.165, 1.54) is 0 Å². The Hall–Kier alpha value is -3.48. The third kappa shape index (κ3) is 6.07. The lowest BCUT2D eigenvalue weighted by molar-refractivity contribution is -0.174. The summed E-state index contributed by atoms with van der Waals surface area (Å²) in [5.41, 5.74) is 1.45. The second-order valence-electron chi connectivity index (χ2n) is 12.2. The molecule has 1 fully saturated rings. The third-order valence-corrected chi connectivity index (χ3v) is 7.66. The molecule has 0 aromatic heterocycles. The summed E-state index contributed by atoms with van der Waals surface area (Å²) in [6.45, 7) is 9.64. The molecule has 2 atom stereocenters. The van der Waals surface area contributed by atoms with Gasteiger partial charge in [-0.2, -0.15) is 0 Å². The van der Waals surface area contributed by atoms with Crippen LogP contribution in [0.15, 0.2) is 59.6 Å². The number of hydrogen-bond donors (Lipinski definition) is 1. The summed E-state index contributed by atoms with van der Waals surface area (Å²) in [5.74, 6) is -1.44. The molecule has 7 heteroatoms. The minimum absolute atomic E-state index is 0.167. The van der Waals surface area contributed by atoms with Crippen LogP contribution in [0.5, 0.6) is 0 Å². The number of para-hydroxylation sites is 1. The fourth-order valence-electron chi connectivity index (χ4n) is 5.81. The fourth-order valence-corrected chi connectivity index (χ4v) is 5.81. The van der Waals surface area contributed by atoms with Gasteiger partial charge >= 0.3 is 5.97 Å². The van der Waals surface area contributed by atoms with E-state index in [9.17, 15) is 14.4 Å². The number of benzodiazepines with no additional fused rings is 1. The Balaban J connectivity index is 1.74. The Labute approximate surface area is 232 Å². The van der Waals surface area contributed by atoms with Crippen LogP contribution in [-0.2, 0) is 19.1 Å². The quantitative estimate of drug-likeness (QED) is 0.478. The van der Waals surface area contributed by atoms with E-state index in [-0.39, 0.29) is 23.7 Å². The normalized spacial score (nSPS) is 19.7. The van der Waals surface area contributed by atoms with Crippen molar-refractivity contribution in [1.29, 1.82) is 0 Å². The molecule has 2 aromatic carbocycles. The molecule has 0 radical (unpaired) electrons. The van der Waals surface area contributed by atoms with E-state index in [1.54, 1.807) is 11.9 Å². The van der Waals surface area contributed by atoms with E-state index in [1.807, 2.05) is 89.2 Å². The van der Waals surface area contributed by atoms with Crippen molar-refractivity contribution in [3.05, 3.63) is 65.7 Å². The summed E-state index contributed by atoms with van der Waals surface area (Å²) in [6, 6.07) is 17.3. The van der Waals surface area contributed by atoms with Crippen molar-refractivity contribution in [2.24, 2.45) is 22.2 Å². The summed E-state index contributed by atoms with van der Waals surface area (Å²) in [7, 11) is 1.70. The predicted molar refractivity (Wildman–Crippen MR) is 154 cm³/mol. The van der Waals surface area contributed by atoms with Gasteiger partial charge in [0.05, 0.1) is 22.7 Å². The molecule has 2 amide bonds. The maximum atomic E-state index is 14.1. The first kappa shape index (κ1) is 28.5. The summed E-state index contributed by atoms with van der Waals surface area (Å²) < 4.78 is 5.88. The van der Waals surface area contributed by atoms with Crippen LogP contribution >= 0.6 is 0 Å². The number of benzene rings is 2. The maximum absolute atomic E-state index is 14.1. The number of carbonyl (C=O) groups is 3. The molecule has 0 saturated heterocycles. The number of aliphatic imine (C=N–C) groups is 1. The Morgan fingerprint density at radius 3 is 2.28 bits per heavy atom. The minimum Gasteiger partial charge on any atom is -0.460 e. The zero-order valence-electron chi connectivity index (χ0n) is 24.0. The molecule has 1 heterocycles. The van der Waals surface area contributed by atoms with Crippen LogP contribution in [-0.4, -0.2) is 42.3 Å². The van der Waals surface area contributed by atoms with E-state index in [4.69, 9.17) is 9.73 Å². The van der Waals surface area contributed by atoms with Gasteiger partial charge in [-0.3, -0.25) is 14.4 Å². The number of rotatable bonds is 7. The van der Waals surface area contributed by atoms with Gasteiger partial charge in [0.2, 0.25) is 12.1 Å². The van der Waals surface area contributed by atoms with Crippen LogP contribution in [0.3, 0.4) is 0 Å². The van der Waals surface area contributed by atoms with E-state index in [2.05, 4.69) is 5.32 Å². The summed E-state index contributed by atoms with van der Waals surface area (Å²) >= 11 is 0. The maximum Gasteiger partial charge on any atom is 0.313 e. The van der Waals surface area contributed by atoms with Gasteiger partial charge in [-0.25, -0.2) is 4.99 Å². The van der Waals surface area contributed by atoms with Gasteiger partial charge in [-0.15, -0.1) is 0 Å². The van der Waals surface area contributed by atoms with Crippen molar-refractivity contribution >= 4 is 29.2 Å². The highest BCUT2D eigenvalue weighted by Gasteiger charge is 2.53. The van der Waals surface area contributed by atoms with Crippen LogP contribution in [0, 0.1) is 17.3 Å². The van der Waals surface area contributed by atoms with E-state index < -0.39 is 23.1 Å². The number of nitrogens with one attached hydrogen (secondary N) is 1. The van der Waals surface area contributed by atoms with E-state index >= 15 is 0 Å². The van der Waals surface area contributed by atoms with Crippen LogP contribution in [0.25, 0.3) is 0 Å². The van der Waals surface area contributed by atoms with Gasteiger partial charge in [-0.05, 0) is 52.0 Å². The van der Waals surface area contributed by atoms with E-state index in [0.29, 0.717) is 25.0 Å². The van der Waals surface area contributed by atoms with Crippen LogP contribution in [0.4, 0.5) is 5.69 Å². The Bertz CT molecular complexity index is 1240. The number of ether oxygens (including phenoxy) is 1. The highest BCUT2D eigenvalue weighted by atomic mass is 16.6. The second kappa shape index (κ2) is 11.3. The van der Waals surface area contributed by atoms with Crippen molar-refractivity contribution in [2.75, 3.05) is 11.9 Å². The van der Waals surface area contributed by atoms with Crippen LogP contribution < -0.4 is 10.2 Å². The van der Waals surface area contributed by atoms with Gasteiger partial charge in [0, 0.05) is 18.2 Å². The molecular formula is C32H41N3O4. The average molecular weight is 532 g/mol. The molecule has 0 bridgehead atoms. The number of carbonyl (C=O) groups excluding carboxylic acids is 3. The molecule has 4 rings (SSSR count). The molecular weight excluding hydrogens is 490 g/mol. The Morgan fingerprint density at radius 2 is 1.67 bits per heavy atom. The molecule has 1 aliphatic heterocycles. The lowest BCUT2D eigenvalue weighted by Gasteiger charge is -2.38. The summed E-state index contributed by atoms with van der Waals surface area (Å²) in [6.07, 6.45) is 2.29. The highest BCUT2D eigenvalue weighted by molar-refractivity contribution is 6.20. The number of anilines is 1. The molecule has 208 valence electrons. The van der Waals surface area contributed by atoms with Crippen LogP contribution in [0.1, 0.15) is 77.8 Å². The van der Waals surface area contributed by atoms with Gasteiger partial charge in [0.15, 0.2) is 0 Å². The first-order valence-electron chi connectivity index (χ1n) is 14.0. The number of nitrogens with zero attached hydrogens (tertiary/aromatic N) is 2. The largest absolute Gasteiger partial charge is 0.460 e. The van der Waals surface area contributed by atoms with Gasteiger partial charge in [0.1, 0.15) is 5.60 Å². The highest BCUT2D eigenvalue weighted by Crippen LogP contribution is 2.48. The molecule has 2 aliphatic rings. The van der Waals surface area contributed by atoms with E-state index in [0.717, 1.165) is 29.7 Å². The lowest BCUT2D eigenvalue weighted by Crippen LogP contribution is -2.53. The molecule has 1 N–H and O–H groups in total. The first-order chi connectivity index (χ1) is 18.4. The van der Waals surface area contributed by atoms with Gasteiger partial charge < -0.3 is 15.0 Å². The van der Waals surface area contributed by atoms with Crippen LogP contribution in [0.2, 0.25) is 0 Å². The average Bonchev–Trinajstić information content (AvgIpc) is 3.36. The van der Waals surface area contributed by atoms with Crippen molar-refractivity contribution < 1.29 is 19.1 Å². The van der Waals surface area contributed by atoms with Gasteiger partial charge in [-0.1, -0.05) is 75.2 Å². The molecule has 1 unspecified atom stereocenters. The Kier molecular flexibility index (Phi) is 8.28. The number of fused-ring (bicyclic) bond motifs is 1. The topological polar surface area (TPSA) is 88.1 Å². The van der Waals surface area contributed by atoms with Gasteiger partial charge in [0.25, 0.3) is 5.91 Å². The SMILES string of the molecule is CC(C)C[C@@H](C(=O)NC1N=C(c2ccccc2)c2ccccc2N(C)C1=O)C1(C(=O)OC(C)(C)C)CCCC1. The first-order valence-corrected chi connectivity index (χ1v) is 14.0. The molecule has 1 saturated carbocycles. The minimum atomic E-state index is -1.13. The molecule has 7 nitrogen and oxygen atoms in total. The number of amides is 2. The fraction of sp³-hybridized carbons (Fsp3) is 0.500. The molecule has 0 spiro atoms. The smallest absolute Gasteiger partial charge is 0.313 e. The Morgan fingerprint density at radius 1 is 1.05 bits per heavy atom. The lowest BCUT2D eigenvalue weighted by atomic mass is 9.70. The summed E-state index contributed by atoms with van der Waals surface area (Å²) in [5, 5.41) is 2.97. The zero-order chi connectivity index (χ0) is 28.4. The summed E-state index contributed by atoms with van der Waals surface area (Å²) in [4.78, 5) is 47.9. The monoisotopic (exact) mass is 531 g/mol. The van der Waals surface area contributed by atoms with Crippen molar-refractivity contribution in [3.8, 4) is 0 Å². The van der Waals surface area contributed by atoms with Crippen molar-refractivity contribution in [2.45, 2.75) is 78.5 Å². The second-order valence-corrected chi connectivity index (χ2v) is 12.2. The van der Waals surface area contributed by atoms with Crippen molar-refractivity contribution in [3.63, 3.8) is 0 Å². The standard InChI is InChI=1S/C32H41N3O4/c1-21(2)20-24(32(18-12-13-19-32)30(38)39-31(3,4)5)28(36)34-27-29(37)35(6)25-17-11-10-16-23(25)26(33-27)22-14-8-7-9-15-22/h7-11,14-17,21,24,27H,12-13,18-20H2,1-6H3,(H,34,36)/t24-,27?/m0/s1. The third-order valence-electron chi connectivity index (χ3n) is 7.66. The number of esters is 1. The molecule has 39 heavy (non-hydrogen) atoms. The zero-order valence-corrected chi connectivity index (χ0v) is 24.0. The molecule has 2 aromatic rings.